The highest BCUT2D eigenvalue weighted by molar-refractivity contribution is 5.68. The molecule has 9 heteroatoms. The lowest BCUT2D eigenvalue weighted by Crippen LogP contribution is -2.37. The van der Waals surface area contributed by atoms with Crippen molar-refractivity contribution in [2.45, 2.75) is 44.0 Å². The maximum atomic E-state index is 12.2. The molecule has 1 aliphatic rings. The van der Waals surface area contributed by atoms with Gasteiger partial charge in [-0.05, 0) is 25.0 Å². The molecule has 6 nitrogen and oxygen atoms in total. The van der Waals surface area contributed by atoms with Crippen LogP contribution in [0.3, 0.4) is 0 Å². The maximum absolute atomic E-state index is 12.2. The molecule has 0 spiro atoms. The Bertz CT molecular complexity index is 574. The van der Waals surface area contributed by atoms with Gasteiger partial charge in [0.1, 0.15) is 6.10 Å². The molecule has 2 rings (SSSR count). The first kappa shape index (κ1) is 17.0. The number of hydrogen-bond donors (Lipinski definition) is 2. The van der Waals surface area contributed by atoms with Crippen molar-refractivity contribution in [3.8, 4) is 0 Å². The van der Waals surface area contributed by atoms with E-state index in [0.29, 0.717) is 6.42 Å². The normalized spacial score (nSPS) is 21.9. The van der Waals surface area contributed by atoms with Crippen molar-refractivity contribution in [2.75, 3.05) is 5.73 Å². The molecule has 0 saturated carbocycles. The predicted molar refractivity (Wildman–Crippen MR) is 76.5 cm³/mol. The van der Waals surface area contributed by atoms with Crippen LogP contribution in [0.1, 0.15) is 31.2 Å². The van der Waals surface area contributed by atoms with Gasteiger partial charge in [0.2, 0.25) is 5.95 Å². The van der Waals surface area contributed by atoms with Gasteiger partial charge >= 0.3 is 12.3 Å². The van der Waals surface area contributed by atoms with E-state index in [9.17, 15) is 18.0 Å². The predicted octanol–water partition coefficient (Wildman–Crippen LogP) is 2.54. The summed E-state index contributed by atoms with van der Waals surface area (Å²) in [5.74, 6) is 0.141. The summed E-state index contributed by atoms with van der Waals surface area (Å²) in [5, 5.41) is 2.17. The number of carbonyl (C=O) groups excluding carboxylic acids is 1. The topological polar surface area (TPSA) is 90.1 Å². The molecule has 1 aromatic rings. The number of amides is 1. The van der Waals surface area contributed by atoms with Crippen LogP contribution in [-0.2, 0) is 4.74 Å². The Hall–Kier alpha value is -2.32. The number of nitrogen functional groups attached to an aromatic ring is 1. The highest BCUT2D eigenvalue weighted by Crippen LogP contribution is 2.29. The summed E-state index contributed by atoms with van der Waals surface area (Å²) in [7, 11) is 0. The number of ether oxygens (including phenoxy) is 1. The summed E-state index contributed by atoms with van der Waals surface area (Å²) in [6.07, 6.45) is 0.376. The molecule has 1 aromatic heterocycles. The van der Waals surface area contributed by atoms with Crippen LogP contribution in [0.15, 0.2) is 24.5 Å². The first-order valence-corrected chi connectivity index (χ1v) is 7.02. The van der Waals surface area contributed by atoms with Crippen molar-refractivity contribution in [1.82, 2.24) is 15.3 Å². The Kier molecular flexibility index (Phi) is 5.07. The molecule has 1 aliphatic carbocycles. The van der Waals surface area contributed by atoms with Crippen LogP contribution >= 0.6 is 0 Å². The van der Waals surface area contributed by atoms with Crippen molar-refractivity contribution in [3.05, 3.63) is 30.1 Å². The molecule has 0 fully saturated rings. The number of carbonyl (C=O) groups is 1. The quantitative estimate of drug-likeness (QED) is 0.828. The average molecular weight is 330 g/mol. The molecule has 126 valence electrons. The Morgan fingerprint density at radius 2 is 2.09 bits per heavy atom. The molecule has 0 saturated heterocycles. The lowest BCUT2D eigenvalue weighted by atomic mass is 10.0. The third kappa shape index (κ3) is 5.42. The Labute approximate surface area is 130 Å². The van der Waals surface area contributed by atoms with Crippen LogP contribution in [0, 0.1) is 0 Å². The van der Waals surface area contributed by atoms with Gasteiger partial charge in [0.05, 0.1) is 6.42 Å². The fraction of sp³-hybridized carbons (Fsp3) is 0.500. The first-order valence-electron chi connectivity index (χ1n) is 7.02. The molecular weight excluding hydrogens is 313 g/mol. The highest BCUT2D eigenvalue weighted by Gasteiger charge is 2.31. The Balaban J connectivity index is 1.80. The van der Waals surface area contributed by atoms with E-state index in [4.69, 9.17) is 10.5 Å². The van der Waals surface area contributed by atoms with Crippen LogP contribution in [0.5, 0.6) is 0 Å². The smallest absolute Gasteiger partial charge is 0.407 e. The molecule has 0 unspecified atom stereocenters. The second kappa shape index (κ2) is 6.84. The van der Waals surface area contributed by atoms with Crippen molar-refractivity contribution >= 4 is 12.0 Å². The molecule has 1 heterocycles. The van der Waals surface area contributed by atoms with Crippen LogP contribution in [0.25, 0.3) is 0 Å². The summed E-state index contributed by atoms with van der Waals surface area (Å²) < 4.78 is 41.7. The number of rotatable bonds is 4. The van der Waals surface area contributed by atoms with E-state index in [1.165, 1.54) is 6.92 Å². The number of nitrogens with one attached hydrogen (secondary N) is 1. The highest BCUT2D eigenvalue weighted by atomic mass is 19.4. The van der Waals surface area contributed by atoms with Crippen molar-refractivity contribution in [2.24, 2.45) is 0 Å². The zero-order valence-corrected chi connectivity index (χ0v) is 12.4. The molecule has 0 aliphatic heterocycles. The molecule has 0 aromatic carbocycles. The van der Waals surface area contributed by atoms with Crippen LogP contribution in [0.2, 0.25) is 0 Å². The fourth-order valence-corrected chi connectivity index (χ4v) is 2.31. The van der Waals surface area contributed by atoms with Gasteiger partial charge in [-0.1, -0.05) is 6.08 Å². The van der Waals surface area contributed by atoms with Gasteiger partial charge in [-0.2, -0.15) is 13.2 Å². The summed E-state index contributed by atoms with van der Waals surface area (Å²) in [6, 6.07) is -1.05. The van der Waals surface area contributed by atoms with Gasteiger partial charge < -0.3 is 15.8 Å². The minimum absolute atomic E-state index is 0.0269. The molecule has 0 bridgehead atoms. The number of nitrogens with two attached hydrogens (primary N) is 1. The van der Waals surface area contributed by atoms with E-state index in [2.05, 4.69) is 15.3 Å². The monoisotopic (exact) mass is 330 g/mol. The second-order valence-corrected chi connectivity index (χ2v) is 5.41. The second-order valence-electron chi connectivity index (χ2n) is 5.41. The van der Waals surface area contributed by atoms with E-state index in [1.54, 1.807) is 18.5 Å². The lowest BCUT2D eigenvalue weighted by molar-refractivity contribution is -0.138. The number of alkyl halides is 3. The largest absolute Gasteiger partial charge is 0.442 e. The van der Waals surface area contributed by atoms with Crippen LogP contribution < -0.4 is 11.1 Å². The number of allylic oxidation sites excluding steroid dienone is 1. The molecule has 3 atom stereocenters. The van der Waals surface area contributed by atoms with Gasteiger partial charge in [-0.15, -0.1) is 0 Å². The average Bonchev–Trinajstić information content (AvgIpc) is 2.85. The van der Waals surface area contributed by atoms with E-state index >= 15 is 0 Å². The molecule has 0 radical (unpaired) electrons. The van der Waals surface area contributed by atoms with Crippen LogP contribution in [0.4, 0.5) is 23.9 Å². The summed E-state index contributed by atoms with van der Waals surface area (Å²) in [5.41, 5.74) is 6.24. The van der Waals surface area contributed by atoms with Crippen molar-refractivity contribution < 1.29 is 22.7 Å². The van der Waals surface area contributed by atoms with E-state index in [1.807, 2.05) is 6.08 Å². The fourth-order valence-electron chi connectivity index (χ4n) is 2.31. The SMILES string of the molecule is C[C@@H](CC(F)(F)F)NC(=O)O[C@@H]1C=C[C@@H](c2cnc(N)nc2)C1. The summed E-state index contributed by atoms with van der Waals surface area (Å²) in [4.78, 5) is 19.4. The standard InChI is InChI=1S/C14H17F3N4O2/c1-8(5-14(15,16)17)21-13(22)23-11-3-2-9(4-11)10-6-19-12(18)20-7-10/h2-3,6-9,11H,4-5H2,1H3,(H,21,22)(H2,18,19,20)/t8-,9+,11+/m0/s1. The van der Waals surface area contributed by atoms with Gasteiger partial charge in [0, 0.05) is 24.4 Å². The third-order valence-corrected chi connectivity index (χ3v) is 3.32. The molecule has 3 N–H and O–H groups in total. The molecule has 1 amide bonds. The van der Waals surface area contributed by atoms with Crippen LogP contribution in [-0.4, -0.2) is 34.4 Å². The van der Waals surface area contributed by atoms with E-state index < -0.39 is 30.8 Å². The minimum Gasteiger partial charge on any atom is -0.442 e. The first-order chi connectivity index (χ1) is 10.7. The Morgan fingerprint density at radius 1 is 1.43 bits per heavy atom. The third-order valence-electron chi connectivity index (χ3n) is 3.32. The van der Waals surface area contributed by atoms with Gasteiger partial charge in [0.15, 0.2) is 0 Å². The Morgan fingerprint density at radius 3 is 2.70 bits per heavy atom. The van der Waals surface area contributed by atoms with E-state index in [0.717, 1.165) is 5.56 Å². The molecule has 23 heavy (non-hydrogen) atoms. The number of anilines is 1. The number of halogens is 3. The maximum Gasteiger partial charge on any atom is 0.407 e. The number of aromatic nitrogens is 2. The number of nitrogens with zero attached hydrogens (tertiary/aromatic N) is 2. The van der Waals surface area contributed by atoms with Gasteiger partial charge in [-0.25, -0.2) is 14.8 Å². The number of alkyl carbamates (subject to hydrolysis) is 1. The lowest BCUT2D eigenvalue weighted by Gasteiger charge is -2.18. The van der Waals surface area contributed by atoms with E-state index in [-0.39, 0.29) is 11.9 Å². The van der Waals surface area contributed by atoms with Crippen molar-refractivity contribution in [1.29, 1.82) is 0 Å². The zero-order chi connectivity index (χ0) is 17.0. The summed E-state index contributed by atoms with van der Waals surface area (Å²) >= 11 is 0. The number of hydrogen-bond acceptors (Lipinski definition) is 5. The zero-order valence-electron chi connectivity index (χ0n) is 12.4. The van der Waals surface area contributed by atoms with Gasteiger partial charge in [-0.3, -0.25) is 0 Å². The van der Waals surface area contributed by atoms with Gasteiger partial charge in [0.25, 0.3) is 0 Å². The minimum atomic E-state index is -4.33. The van der Waals surface area contributed by atoms with Crippen molar-refractivity contribution in [3.63, 3.8) is 0 Å². The summed E-state index contributed by atoms with van der Waals surface area (Å²) in [6.45, 7) is 1.27. The molecular formula is C14H17F3N4O2.